The first-order valence-electron chi connectivity index (χ1n) is 5.36. The molecule has 2 rings (SSSR count). The second-order valence-corrected chi connectivity index (χ2v) is 4.17. The van der Waals surface area contributed by atoms with Gasteiger partial charge in [-0.05, 0) is 18.8 Å². The molecule has 1 aliphatic rings. The van der Waals surface area contributed by atoms with Crippen LogP contribution in [0, 0.1) is 5.92 Å². The van der Waals surface area contributed by atoms with Crippen LogP contribution in [-0.2, 0) is 4.79 Å². The fourth-order valence-electron chi connectivity index (χ4n) is 1.72. The van der Waals surface area contributed by atoms with Crippen molar-refractivity contribution >= 4 is 11.9 Å². The van der Waals surface area contributed by atoms with Gasteiger partial charge >= 0.3 is 11.7 Å². The number of rotatable bonds is 5. The van der Waals surface area contributed by atoms with E-state index in [1.54, 1.807) is 0 Å². The number of imidazole rings is 1. The molecule has 7 heteroatoms. The minimum atomic E-state index is -0.940. The van der Waals surface area contributed by atoms with E-state index in [4.69, 9.17) is 5.11 Å². The highest BCUT2D eigenvalue weighted by molar-refractivity contribution is 5.92. The summed E-state index contributed by atoms with van der Waals surface area (Å²) in [4.78, 5) is 37.8. The molecular weight excluding hydrogens is 226 g/mol. The number of carboxylic acids is 1. The Hall–Kier alpha value is -2.05. The number of hydrogen-bond acceptors (Lipinski definition) is 3. The van der Waals surface area contributed by atoms with E-state index in [-0.39, 0.29) is 24.1 Å². The van der Waals surface area contributed by atoms with Crippen molar-refractivity contribution in [3.8, 4) is 0 Å². The number of nitrogens with one attached hydrogen (secondary N) is 3. The standard InChI is InChI=1S/C10H13N3O4/c14-8(15)3-6(5-1-2-5)12-9(16)7-4-11-10(17)13-7/h4-6H,1-3H2,(H,12,16)(H,14,15)(H2,11,13,17). The van der Waals surface area contributed by atoms with Crippen molar-refractivity contribution in [3.63, 3.8) is 0 Å². The van der Waals surface area contributed by atoms with Gasteiger partial charge in [0.2, 0.25) is 0 Å². The zero-order chi connectivity index (χ0) is 12.4. The Kier molecular flexibility index (Phi) is 2.99. The van der Waals surface area contributed by atoms with Gasteiger partial charge in [0.1, 0.15) is 5.69 Å². The molecule has 0 aromatic carbocycles. The third-order valence-electron chi connectivity index (χ3n) is 2.74. The number of carboxylic acid groups (broad SMARTS) is 1. The number of hydrogen-bond donors (Lipinski definition) is 4. The molecule has 1 heterocycles. The Labute approximate surface area is 96.2 Å². The van der Waals surface area contributed by atoms with Gasteiger partial charge in [-0.1, -0.05) is 0 Å². The lowest BCUT2D eigenvalue weighted by Gasteiger charge is -2.15. The fraction of sp³-hybridized carbons (Fsp3) is 0.500. The van der Waals surface area contributed by atoms with Gasteiger partial charge in [-0.25, -0.2) is 4.79 Å². The van der Waals surface area contributed by atoms with Crippen LogP contribution in [0.15, 0.2) is 11.0 Å². The summed E-state index contributed by atoms with van der Waals surface area (Å²) in [6, 6.07) is -0.363. The van der Waals surface area contributed by atoms with Crippen LogP contribution in [0.3, 0.4) is 0 Å². The summed E-state index contributed by atoms with van der Waals surface area (Å²) in [5, 5.41) is 11.4. The topological polar surface area (TPSA) is 115 Å². The summed E-state index contributed by atoms with van der Waals surface area (Å²) in [5.41, 5.74) is -0.345. The predicted molar refractivity (Wildman–Crippen MR) is 57.6 cm³/mol. The molecule has 0 saturated heterocycles. The van der Waals surface area contributed by atoms with Gasteiger partial charge in [0.15, 0.2) is 0 Å². The van der Waals surface area contributed by atoms with Gasteiger partial charge < -0.3 is 20.4 Å². The second kappa shape index (κ2) is 4.44. The molecule has 7 nitrogen and oxygen atoms in total. The molecule has 1 fully saturated rings. The highest BCUT2D eigenvalue weighted by Crippen LogP contribution is 2.34. The molecular formula is C10H13N3O4. The van der Waals surface area contributed by atoms with Crippen molar-refractivity contribution in [2.45, 2.75) is 25.3 Å². The normalized spacial score (nSPS) is 16.5. The summed E-state index contributed by atoms with van der Waals surface area (Å²) in [6.07, 6.45) is 3.04. The van der Waals surface area contributed by atoms with Crippen LogP contribution in [0.1, 0.15) is 29.8 Å². The molecule has 1 unspecified atom stereocenters. The second-order valence-electron chi connectivity index (χ2n) is 4.17. The first-order valence-corrected chi connectivity index (χ1v) is 5.36. The average molecular weight is 239 g/mol. The van der Waals surface area contributed by atoms with Crippen LogP contribution in [0.4, 0.5) is 0 Å². The Balaban J connectivity index is 2.00. The lowest BCUT2D eigenvalue weighted by Crippen LogP contribution is -2.38. The van der Waals surface area contributed by atoms with Crippen molar-refractivity contribution in [1.82, 2.24) is 15.3 Å². The molecule has 0 bridgehead atoms. The highest BCUT2D eigenvalue weighted by Gasteiger charge is 2.34. The Morgan fingerprint density at radius 3 is 2.71 bits per heavy atom. The van der Waals surface area contributed by atoms with E-state index in [1.807, 2.05) is 0 Å². The number of carbonyl (C=O) groups excluding carboxylic acids is 1. The number of carbonyl (C=O) groups is 2. The summed E-state index contributed by atoms with van der Waals surface area (Å²) < 4.78 is 0. The third kappa shape index (κ3) is 2.96. The number of H-pyrrole nitrogens is 2. The minimum absolute atomic E-state index is 0.0922. The maximum Gasteiger partial charge on any atom is 0.323 e. The average Bonchev–Trinajstić information content (AvgIpc) is 2.99. The van der Waals surface area contributed by atoms with Gasteiger partial charge in [-0.3, -0.25) is 9.59 Å². The Morgan fingerprint density at radius 1 is 1.53 bits per heavy atom. The van der Waals surface area contributed by atoms with Crippen LogP contribution in [0.2, 0.25) is 0 Å². The quantitative estimate of drug-likeness (QED) is 0.564. The summed E-state index contributed by atoms with van der Waals surface area (Å²) in [5.74, 6) is -1.16. The predicted octanol–water partition coefficient (Wildman–Crippen LogP) is -0.314. The number of aromatic amines is 2. The van der Waals surface area contributed by atoms with E-state index in [0.717, 1.165) is 12.8 Å². The molecule has 1 aliphatic carbocycles. The van der Waals surface area contributed by atoms with Crippen LogP contribution >= 0.6 is 0 Å². The van der Waals surface area contributed by atoms with Gasteiger partial charge in [-0.2, -0.15) is 0 Å². The zero-order valence-electron chi connectivity index (χ0n) is 9.03. The van der Waals surface area contributed by atoms with Crippen LogP contribution < -0.4 is 11.0 Å². The Morgan fingerprint density at radius 2 is 2.24 bits per heavy atom. The first kappa shape index (κ1) is 11.4. The van der Waals surface area contributed by atoms with E-state index in [2.05, 4.69) is 15.3 Å². The maximum atomic E-state index is 11.7. The number of aliphatic carboxylic acids is 1. The maximum absolute atomic E-state index is 11.7. The molecule has 0 aliphatic heterocycles. The molecule has 1 amide bonds. The SMILES string of the molecule is O=C(O)CC(NC(=O)c1c[nH]c(=O)[nH]1)C1CC1. The lowest BCUT2D eigenvalue weighted by atomic mass is 10.1. The summed E-state index contributed by atoms with van der Waals surface area (Å²) >= 11 is 0. The highest BCUT2D eigenvalue weighted by atomic mass is 16.4. The molecule has 1 aromatic heterocycles. The van der Waals surface area contributed by atoms with E-state index in [9.17, 15) is 14.4 Å². The Bertz CT molecular complexity index is 486. The summed E-state index contributed by atoms with van der Waals surface area (Å²) in [6.45, 7) is 0. The van der Waals surface area contributed by atoms with E-state index < -0.39 is 17.6 Å². The van der Waals surface area contributed by atoms with Gasteiger partial charge in [0, 0.05) is 12.2 Å². The molecule has 1 atom stereocenters. The van der Waals surface area contributed by atoms with Crippen molar-refractivity contribution in [1.29, 1.82) is 0 Å². The van der Waals surface area contributed by atoms with Crippen molar-refractivity contribution in [2.24, 2.45) is 5.92 Å². The number of amides is 1. The largest absolute Gasteiger partial charge is 0.481 e. The summed E-state index contributed by atoms with van der Waals surface area (Å²) in [7, 11) is 0. The van der Waals surface area contributed by atoms with Crippen LogP contribution in [0.25, 0.3) is 0 Å². The van der Waals surface area contributed by atoms with Gasteiger partial charge in [0.25, 0.3) is 5.91 Å². The molecule has 1 aromatic rings. The zero-order valence-corrected chi connectivity index (χ0v) is 9.03. The fourth-order valence-corrected chi connectivity index (χ4v) is 1.72. The molecule has 92 valence electrons. The smallest absolute Gasteiger partial charge is 0.323 e. The monoisotopic (exact) mass is 239 g/mol. The molecule has 0 radical (unpaired) electrons. The molecule has 0 spiro atoms. The molecule has 17 heavy (non-hydrogen) atoms. The number of aromatic nitrogens is 2. The van der Waals surface area contributed by atoms with E-state index in [0.29, 0.717) is 0 Å². The van der Waals surface area contributed by atoms with Crippen LogP contribution in [-0.4, -0.2) is 33.0 Å². The van der Waals surface area contributed by atoms with Gasteiger partial charge in [-0.15, -0.1) is 0 Å². The third-order valence-corrected chi connectivity index (χ3v) is 2.74. The van der Waals surface area contributed by atoms with Crippen molar-refractivity contribution in [3.05, 3.63) is 22.4 Å². The molecule has 4 N–H and O–H groups in total. The first-order chi connectivity index (χ1) is 8.06. The minimum Gasteiger partial charge on any atom is -0.481 e. The van der Waals surface area contributed by atoms with Crippen molar-refractivity contribution < 1.29 is 14.7 Å². The van der Waals surface area contributed by atoms with Gasteiger partial charge in [0.05, 0.1) is 6.42 Å². The molecule has 1 saturated carbocycles. The van der Waals surface area contributed by atoms with E-state index >= 15 is 0 Å². The van der Waals surface area contributed by atoms with E-state index in [1.165, 1.54) is 6.20 Å². The van der Waals surface area contributed by atoms with Crippen molar-refractivity contribution in [2.75, 3.05) is 0 Å². The lowest BCUT2D eigenvalue weighted by molar-refractivity contribution is -0.137. The van der Waals surface area contributed by atoms with Crippen LogP contribution in [0.5, 0.6) is 0 Å².